The molecule has 0 radical (unpaired) electrons. The molecule has 0 spiro atoms. The van der Waals surface area contributed by atoms with Gasteiger partial charge in [-0.05, 0) is 31.2 Å². The Bertz CT molecular complexity index is 437. The number of halogens is 1. The van der Waals surface area contributed by atoms with Crippen LogP contribution in [0.15, 0.2) is 28.7 Å². The molecule has 20 heavy (non-hydrogen) atoms. The number of benzene rings is 1. The van der Waals surface area contributed by atoms with Crippen LogP contribution >= 0.6 is 15.9 Å². The van der Waals surface area contributed by atoms with Crippen LogP contribution in [0.3, 0.4) is 0 Å². The lowest BCUT2D eigenvalue weighted by atomic mass is 10.3. The topological polar surface area (TPSA) is 76.7 Å². The van der Waals surface area contributed by atoms with Gasteiger partial charge in [0.05, 0.1) is 6.54 Å². The summed E-state index contributed by atoms with van der Waals surface area (Å²) in [5, 5.41) is 5.11. The number of ether oxygens (including phenoxy) is 2. The Hall–Kier alpha value is -1.76. The second kappa shape index (κ2) is 9.19. The monoisotopic (exact) mass is 344 g/mol. The zero-order valence-corrected chi connectivity index (χ0v) is 12.7. The largest absolute Gasteiger partial charge is 0.482 e. The Labute approximate surface area is 126 Å². The second-order valence-electron chi connectivity index (χ2n) is 3.75. The molecule has 0 saturated heterocycles. The first-order chi connectivity index (χ1) is 9.61. The van der Waals surface area contributed by atoms with E-state index in [0.29, 0.717) is 12.3 Å². The first-order valence-corrected chi connectivity index (χ1v) is 6.96. The van der Waals surface area contributed by atoms with Gasteiger partial charge in [-0.25, -0.2) is 9.59 Å². The van der Waals surface area contributed by atoms with Crippen LogP contribution in [0.1, 0.15) is 6.92 Å². The highest BCUT2D eigenvalue weighted by Crippen LogP contribution is 2.15. The minimum Gasteiger partial charge on any atom is -0.482 e. The number of hydrogen-bond acceptors (Lipinski definition) is 4. The molecule has 0 aliphatic rings. The van der Waals surface area contributed by atoms with Gasteiger partial charge in [0.25, 0.3) is 0 Å². The SMILES string of the molecule is CCNC(=O)NCCOC(=O)COc1ccc(Br)cc1. The minimum atomic E-state index is -0.481. The Balaban J connectivity index is 2.11. The molecule has 0 unspecified atom stereocenters. The fraction of sp³-hybridized carbons (Fsp3) is 0.385. The third kappa shape index (κ3) is 6.98. The lowest BCUT2D eigenvalue weighted by Gasteiger charge is -2.08. The van der Waals surface area contributed by atoms with Crippen molar-refractivity contribution >= 4 is 27.9 Å². The lowest BCUT2D eigenvalue weighted by molar-refractivity contribution is -0.145. The molecule has 6 nitrogen and oxygen atoms in total. The van der Waals surface area contributed by atoms with Crippen LogP contribution in [-0.2, 0) is 9.53 Å². The van der Waals surface area contributed by atoms with E-state index in [-0.39, 0.29) is 25.8 Å². The molecule has 0 aromatic heterocycles. The molecule has 1 aromatic rings. The highest BCUT2D eigenvalue weighted by Gasteiger charge is 2.04. The molecule has 1 aromatic carbocycles. The van der Waals surface area contributed by atoms with E-state index in [4.69, 9.17) is 9.47 Å². The van der Waals surface area contributed by atoms with E-state index in [1.807, 2.05) is 19.1 Å². The number of carbonyl (C=O) groups excluding carboxylic acids is 2. The van der Waals surface area contributed by atoms with Gasteiger partial charge in [0.15, 0.2) is 6.61 Å². The number of urea groups is 1. The van der Waals surface area contributed by atoms with Crippen molar-refractivity contribution in [3.63, 3.8) is 0 Å². The summed E-state index contributed by atoms with van der Waals surface area (Å²) >= 11 is 3.30. The van der Waals surface area contributed by atoms with Crippen LogP contribution in [0, 0.1) is 0 Å². The minimum absolute atomic E-state index is 0.111. The van der Waals surface area contributed by atoms with Gasteiger partial charge in [0.2, 0.25) is 0 Å². The number of esters is 1. The predicted octanol–water partition coefficient (Wildman–Crippen LogP) is 1.69. The van der Waals surface area contributed by atoms with Crippen molar-refractivity contribution in [2.45, 2.75) is 6.92 Å². The summed E-state index contributed by atoms with van der Waals surface area (Å²) in [5.41, 5.74) is 0. The van der Waals surface area contributed by atoms with Crippen molar-refractivity contribution in [2.24, 2.45) is 0 Å². The Morgan fingerprint density at radius 1 is 1.20 bits per heavy atom. The number of hydrogen-bond donors (Lipinski definition) is 2. The van der Waals surface area contributed by atoms with Gasteiger partial charge < -0.3 is 20.1 Å². The maximum Gasteiger partial charge on any atom is 0.344 e. The molecular weight excluding hydrogens is 328 g/mol. The molecule has 0 atom stereocenters. The maximum absolute atomic E-state index is 11.4. The molecule has 0 aliphatic carbocycles. The van der Waals surface area contributed by atoms with E-state index in [2.05, 4.69) is 26.6 Å². The highest BCUT2D eigenvalue weighted by molar-refractivity contribution is 9.10. The molecule has 0 saturated carbocycles. The Morgan fingerprint density at radius 3 is 2.55 bits per heavy atom. The first kappa shape index (κ1) is 16.3. The summed E-state index contributed by atoms with van der Waals surface area (Å²) < 4.78 is 11.1. The Kier molecular flexibility index (Phi) is 7.49. The van der Waals surface area contributed by atoms with Crippen molar-refractivity contribution in [3.8, 4) is 5.75 Å². The normalized spacial score (nSPS) is 9.70. The van der Waals surface area contributed by atoms with Gasteiger partial charge in [-0.1, -0.05) is 15.9 Å². The van der Waals surface area contributed by atoms with Crippen LogP contribution in [-0.4, -0.2) is 38.3 Å². The van der Waals surface area contributed by atoms with Crippen molar-refractivity contribution in [1.82, 2.24) is 10.6 Å². The van der Waals surface area contributed by atoms with E-state index in [0.717, 1.165) is 4.47 Å². The molecule has 2 N–H and O–H groups in total. The molecule has 0 bridgehead atoms. The predicted molar refractivity (Wildman–Crippen MR) is 77.7 cm³/mol. The summed E-state index contributed by atoms with van der Waals surface area (Å²) in [6, 6.07) is 6.84. The number of nitrogens with one attached hydrogen (secondary N) is 2. The molecule has 0 aliphatic heterocycles. The summed E-state index contributed by atoms with van der Waals surface area (Å²) in [5.74, 6) is 0.108. The second-order valence-corrected chi connectivity index (χ2v) is 4.66. The third-order valence-corrected chi connectivity index (χ3v) is 2.69. The summed E-state index contributed by atoms with van der Waals surface area (Å²) in [7, 11) is 0. The Morgan fingerprint density at radius 2 is 1.90 bits per heavy atom. The van der Waals surface area contributed by atoms with Crippen molar-refractivity contribution in [3.05, 3.63) is 28.7 Å². The molecule has 7 heteroatoms. The average Bonchev–Trinajstić information content (AvgIpc) is 2.43. The van der Waals surface area contributed by atoms with Gasteiger partial charge >= 0.3 is 12.0 Å². The van der Waals surface area contributed by atoms with Gasteiger partial charge in [-0.2, -0.15) is 0 Å². The molecule has 1 rings (SSSR count). The molecular formula is C13H17BrN2O4. The third-order valence-electron chi connectivity index (χ3n) is 2.16. The van der Waals surface area contributed by atoms with E-state index in [9.17, 15) is 9.59 Å². The van der Waals surface area contributed by atoms with Crippen LogP contribution in [0.25, 0.3) is 0 Å². The number of rotatable bonds is 7. The van der Waals surface area contributed by atoms with Crippen LogP contribution in [0.4, 0.5) is 4.79 Å². The van der Waals surface area contributed by atoms with Crippen molar-refractivity contribution in [2.75, 3.05) is 26.3 Å². The van der Waals surface area contributed by atoms with E-state index in [1.54, 1.807) is 12.1 Å². The van der Waals surface area contributed by atoms with E-state index < -0.39 is 5.97 Å². The molecule has 2 amide bonds. The van der Waals surface area contributed by atoms with Gasteiger partial charge in [-0.15, -0.1) is 0 Å². The van der Waals surface area contributed by atoms with E-state index >= 15 is 0 Å². The zero-order chi connectivity index (χ0) is 14.8. The number of carbonyl (C=O) groups is 2. The average molecular weight is 345 g/mol. The fourth-order valence-corrected chi connectivity index (χ4v) is 1.53. The zero-order valence-electron chi connectivity index (χ0n) is 11.1. The summed E-state index contributed by atoms with van der Waals surface area (Å²) in [4.78, 5) is 22.4. The molecule has 0 fully saturated rings. The highest BCUT2D eigenvalue weighted by atomic mass is 79.9. The van der Waals surface area contributed by atoms with Gasteiger partial charge in [-0.3, -0.25) is 0 Å². The molecule has 110 valence electrons. The van der Waals surface area contributed by atoms with Gasteiger partial charge in [0.1, 0.15) is 12.4 Å². The first-order valence-electron chi connectivity index (χ1n) is 6.17. The number of amides is 2. The standard InChI is InChI=1S/C13H17BrN2O4/c1-2-15-13(18)16-7-8-19-12(17)9-20-11-5-3-10(14)4-6-11/h3-6H,2,7-9H2,1H3,(H2,15,16,18). The van der Waals surface area contributed by atoms with Crippen molar-refractivity contribution in [1.29, 1.82) is 0 Å². The quantitative estimate of drug-likeness (QED) is 0.582. The van der Waals surface area contributed by atoms with Crippen LogP contribution in [0.5, 0.6) is 5.75 Å². The van der Waals surface area contributed by atoms with Crippen LogP contribution in [0.2, 0.25) is 0 Å². The summed E-state index contributed by atoms with van der Waals surface area (Å²) in [6.45, 7) is 2.57. The van der Waals surface area contributed by atoms with Gasteiger partial charge in [0, 0.05) is 11.0 Å². The maximum atomic E-state index is 11.4. The van der Waals surface area contributed by atoms with E-state index in [1.165, 1.54) is 0 Å². The molecule has 0 heterocycles. The smallest absolute Gasteiger partial charge is 0.344 e. The fourth-order valence-electron chi connectivity index (χ4n) is 1.27. The lowest BCUT2D eigenvalue weighted by Crippen LogP contribution is -2.37. The summed E-state index contributed by atoms with van der Waals surface area (Å²) in [6.07, 6.45) is 0. The van der Waals surface area contributed by atoms with Crippen LogP contribution < -0.4 is 15.4 Å². The van der Waals surface area contributed by atoms with Crippen molar-refractivity contribution < 1.29 is 19.1 Å².